The van der Waals surface area contributed by atoms with E-state index in [1.807, 2.05) is 0 Å². The highest BCUT2D eigenvalue weighted by Crippen LogP contribution is 2.65. The third-order valence-electron chi connectivity index (χ3n) is 6.50. The minimum Gasteiger partial charge on any atom is -0.351 e. The summed E-state index contributed by atoms with van der Waals surface area (Å²) in [4.78, 5) is 23.2. The number of rotatable bonds is 6. The maximum Gasteiger partial charge on any atom is 0.252 e. The van der Waals surface area contributed by atoms with Crippen LogP contribution in [0.4, 0.5) is 8.78 Å². The Labute approximate surface area is 162 Å². The Morgan fingerprint density at radius 3 is 2.52 bits per heavy atom. The van der Waals surface area contributed by atoms with Gasteiger partial charge in [0.1, 0.15) is 17.6 Å². The molecular formula is C21H24ClF2NO2. The third-order valence-corrected chi connectivity index (χ3v) is 6.83. The molecule has 146 valence electrons. The molecule has 0 saturated heterocycles. The molecule has 2 unspecified atom stereocenters. The Hall–Kier alpha value is -1.49. The molecule has 0 heterocycles. The molecule has 1 amide bonds. The molecule has 0 spiro atoms. The molecule has 3 nitrogen and oxygen atoms in total. The lowest BCUT2D eigenvalue weighted by Gasteiger charge is -2.61. The topological polar surface area (TPSA) is 46.2 Å². The lowest BCUT2D eigenvalue weighted by molar-refractivity contribution is -0.172. The van der Waals surface area contributed by atoms with Crippen LogP contribution in [0.3, 0.4) is 0 Å². The number of halogens is 3. The Bertz CT molecular complexity index is 765. The fourth-order valence-electron chi connectivity index (χ4n) is 6.08. The van der Waals surface area contributed by atoms with Crippen molar-refractivity contribution in [1.29, 1.82) is 0 Å². The summed E-state index contributed by atoms with van der Waals surface area (Å²) in [5, 5.41) is 3.22. The first-order valence-corrected chi connectivity index (χ1v) is 10.00. The molecule has 4 saturated carbocycles. The highest BCUT2D eigenvalue weighted by atomic mass is 35.5. The van der Waals surface area contributed by atoms with Crippen LogP contribution in [0.15, 0.2) is 18.2 Å². The lowest BCUT2D eigenvalue weighted by Crippen LogP contribution is -2.62. The van der Waals surface area contributed by atoms with Crippen molar-refractivity contribution in [2.24, 2.45) is 11.3 Å². The molecule has 5 rings (SSSR count). The van der Waals surface area contributed by atoms with E-state index in [4.69, 9.17) is 11.6 Å². The fraction of sp³-hybridized carbons (Fsp3) is 0.619. The number of nitrogens with one attached hydrogen (secondary N) is 1. The van der Waals surface area contributed by atoms with E-state index in [9.17, 15) is 9.59 Å². The van der Waals surface area contributed by atoms with Crippen molar-refractivity contribution in [3.63, 3.8) is 0 Å². The molecular weight excluding hydrogens is 372 g/mol. The Morgan fingerprint density at radius 2 is 1.89 bits per heavy atom. The zero-order chi connectivity index (χ0) is 19.3. The Balaban J connectivity index is 1.48. The van der Waals surface area contributed by atoms with E-state index >= 15 is 8.78 Å². The Morgan fingerprint density at radius 1 is 1.19 bits per heavy atom. The molecule has 1 aromatic carbocycles. The first kappa shape index (κ1) is 18.9. The quantitative estimate of drug-likeness (QED) is 0.715. The molecule has 1 N–H and O–H groups in total. The summed E-state index contributed by atoms with van der Waals surface area (Å²) < 4.78 is 30.1. The summed E-state index contributed by atoms with van der Waals surface area (Å²) in [6.07, 6.45) is 4.12. The van der Waals surface area contributed by atoms with Crippen LogP contribution < -0.4 is 5.32 Å². The number of carbonyl (C=O) groups excluding carboxylic acids is 2. The molecule has 27 heavy (non-hydrogen) atoms. The van der Waals surface area contributed by atoms with E-state index in [0.717, 1.165) is 18.3 Å². The zero-order valence-corrected chi connectivity index (χ0v) is 16.0. The van der Waals surface area contributed by atoms with Crippen LogP contribution in [-0.2, 0) is 11.2 Å². The lowest BCUT2D eigenvalue weighted by atomic mass is 9.47. The van der Waals surface area contributed by atoms with E-state index in [0.29, 0.717) is 49.1 Å². The van der Waals surface area contributed by atoms with E-state index in [-0.39, 0.29) is 24.8 Å². The van der Waals surface area contributed by atoms with E-state index in [1.54, 1.807) is 18.2 Å². The maximum absolute atomic E-state index is 15.1. The number of carbonyl (C=O) groups is 2. The molecule has 0 aliphatic heterocycles. The number of aldehydes is 1. The number of hydrogen-bond donors (Lipinski definition) is 1. The van der Waals surface area contributed by atoms with Gasteiger partial charge in [0.15, 0.2) is 0 Å². The van der Waals surface area contributed by atoms with E-state index in [1.165, 1.54) is 0 Å². The van der Waals surface area contributed by atoms with Gasteiger partial charge in [-0.2, -0.15) is 0 Å². The number of hydrogen-bond acceptors (Lipinski definition) is 2. The minimum atomic E-state index is -1.43. The number of alkyl halides is 2. The second-order valence-electron chi connectivity index (χ2n) is 9.01. The van der Waals surface area contributed by atoms with Crippen molar-refractivity contribution in [3.8, 4) is 0 Å². The largest absolute Gasteiger partial charge is 0.351 e. The third kappa shape index (κ3) is 3.63. The van der Waals surface area contributed by atoms with Crippen molar-refractivity contribution in [3.05, 3.63) is 34.3 Å². The maximum atomic E-state index is 15.1. The molecule has 1 aromatic rings. The van der Waals surface area contributed by atoms with Gasteiger partial charge >= 0.3 is 0 Å². The van der Waals surface area contributed by atoms with Crippen molar-refractivity contribution < 1.29 is 18.4 Å². The predicted octanol–water partition coefficient (Wildman–Crippen LogP) is 4.60. The van der Waals surface area contributed by atoms with E-state index < -0.39 is 16.8 Å². The normalized spacial score (nSPS) is 36.6. The van der Waals surface area contributed by atoms with Gasteiger partial charge in [-0.1, -0.05) is 17.7 Å². The standard InChI is InChI=1S/C21H24ClF2NO2/c22-17-4-3-14(2-1-5-26)6-16(17)18(27)25-13-19-7-15-8-20(23,10-19)12-21(24,9-15)11-19/h3-6,15H,1-2,7-13H2,(H,25,27). The number of amides is 1. The molecule has 4 aliphatic rings. The van der Waals surface area contributed by atoms with Gasteiger partial charge in [0.05, 0.1) is 10.6 Å². The molecule has 4 bridgehead atoms. The monoisotopic (exact) mass is 395 g/mol. The van der Waals surface area contributed by atoms with Crippen molar-refractivity contribution in [2.75, 3.05) is 6.54 Å². The van der Waals surface area contributed by atoms with Gasteiger partial charge in [0, 0.05) is 19.4 Å². The second kappa shape index (κ2) is 6.54. The van der Waals surface area contributed by atoms with Crippen molar-refractivity contribution in [1.82, 2.24) is 5.32 Å². The number of benzene rings is 1. The predicted molar refractivity (Wildman–Crippen MR) is 99.5 cm³/mol. The molecule has 2 atom stereocenters. The van der Waals surface area contributed by atoms with Crippen molar-refractivity contribution >= 4 is 23.8 Å². The van der Waals surface area contributed by atoms with Gasteiger partial charge in [-0.3, -0.25) is 4.79 Å². The van der Waals surface area contributed by atoms with Gasteiger partial charge in [-0.05, 0) is 67.6 Å². The van der Waals surface area contributed by atoms with Crippen LogP contribution in [0.1, 0.15) is 60.9 Å². The Kier molecular flexibility index (Phi) is 4.57. The summed E-state index contributed by atoms with van der Waals surface area (Å²) >= 11 is 6.17. The van der Waals surface area contributed by atoms with Crippen LogP contribution in [0, 0.1) is 11.3 Å². The summed E-state index contributed by atoms with van der Waals surface area (Å²) in [6, 6.07) is 5.13. The van der Waals surface area contributed by atoms with Crippen molar-refractivity contribution in [2.45, 2.75) is 62.7 Å². The minimum absolute atomic E-state index is 0.0107. The smallest absolute Gasteiger partial charge is 0.252 e. The van der Waals surface area contributed by atoms with Gasteiger partial charge in [0.25, 0.3) is 5.91 Å². The summed E-state index contributed by atoms with van der Waals surface area (Å²) in [7, 11) is 0. The summed E-state index contributed by atoms with van der Waals surface area (Å²) in [5.74, 6) is -0.257. The summed E-state index contributed by atoms with van der Waals surface area (Å²) in [5.41, 5.74) is -2.15. The average Bonchev–Trinajstić information content (AvgIpc) is 2.56. The molecule has 4 aliphatic carbocycles. The van der Waals surface area contributed by atoms with Crippen LogP contribution in [0.25, 0.3) is 0 Å². The highest BCUT2D eigenvalue weighted by Gasteiger charge is 2.64. The van der Waals surface area contributed by atoms with Gasteiger partial charge in [-0.15, -0.1) is 0 Å². The van der Waals surface area contributed by atoms with Gasteiger partial charge < -0.3 is 10.1 Å². The van der Waals surface area contributed by atoms with Gasteiger partial charge in [-0.25, -0.2) is 8.78 Å². The van der Waals surface area contributed by atoms with Crippen LogP contribution in [0.2, 0.25) is 5.02 Å². The van der Waals surface area contributed by atoms with Crippen LogP contribution in [-0.4, -0.2) is 30.1 Å². The van der Waals surface area contributed by atoms with Crippen LogP contribution >= 0.6 is 11.6 Å². The second-order valence-corrected chi connectivity index (χ2v) is 9.42. The van der Waals surface area contributed by atoms with Gasteiger partial charge in [0.2, 0.25) is 0 Å². The number of aryl methyl sites for hydroxylation is 1. The molecule has 4 fully saturated rings. The van der Waals surface area contributed by atoms with Crippen LogP contribution in [0.5, 0.6) is 0 Å². The fourth-order valence-corrected chi connectivity index (χ4v) is 6.29. The summed E-state index contributed by atoms with van der Waals surface area (Å²) in [6.45, 7) is 0.272. The molecule has 6 heteroatoms. The first-order chi connectivity index (χ1) is 12.7. The molecule has 0 aromatic heterocycles. The highest BCUT2D eigenvalue weighted by molar-refractivity contribution is 6.33. The van der Waals surface area contributed by atoms with E-state index in [2.05, 4.69) is 5.32 Å². The zero-order valence-electron chi connectivity index (χ0n) is 15.2. The first-order valence-electron chi connectivity index (χ1n) is 9.62. The molecule has 0 radical (unpaired) electrons. The SMILES string of the molecule is O=CCCc1ccc(Cl)c(C(=O)NCC23CC4CC(F)(CC(F)(C4)C2)C3)c1. The average molecular weight is 396 g/mol.